The molecule has 0 aliphatic rings. The van der Waals surface area contributed by atoms with Crippen LogP contribution in [0.25, 0.3) is 0 Å². The van der Waals surface area contributed by atoms with Gasteiger partial charge in [-0.2, -0.15) is 0 Å². The lowest BCUT2D eigenvalue weighted by Crippen LogP contribution is -2.44. The lowest BCUT2D eigenvalue weighted by molar-refractivity contribution is -0.136. The second-order valence-electron chi connectivity index (χ2n) is 7.64. The second-order valence-corrected chi connectivity index (χ2v) is 7.64. The summed E-state index contributed by atoms with van der Waals surface area (Å²) in [5.41, 5.74) is -1.04. The Morgan fingerprint density at radius 1 is 0.850 bits per heavy atom. The lowest BCUT2D eigenvalue weighted by atomic mass is 9.86. The molecule has 0 rings (SSSR count). The zero-order chi connectivity index (χ0) is 16.3. The van der Waals surface area contributed by atoms with Gasteiger partial charge in [-0.3, -0.25) is 14.5 Å². The van der Waals surface area contributed by atoms with Gasteiger partial charge in [0.2, 0.25) is 0 Å². The van der Waals surface area contributed by atoms with Gasteiger partial charge in [-0.25, -0.2) is 0 Å². The lowest BCUT2D eigenvalue weighted by Gasteiger charge is -2.28. The Morgan fingerprint density at radius 2 is 1.10 bits per heavy atom. The molecule has 0 radical (unpaired) electrons. The minimum atomic E-state index is -1.06. The fourth-order valence-corrected chi connectivity index (χ4v) is 1.73. The first-order valence-electron chi connectivity index (χ1n) is 6.87. The predicted molar refractivity (Wildman–Crippen MR) is 78.4 cm³/mol. The molecule has 20 heavy (non-hydrogen) atoms. The van der Waals surface area contributed by atoms with Crippen LogP contribution in [0, 0.1) is 10.8 Å². The highest BCUT2D eigenvalue weighted by atomic mass is 16.3. The normalized spacial score (nSPS) is 16.1. The standard InChI is InChI=1S/C15H29NO4/c1-14(2,3)12(19)10(17)8-16(7)9-11(18)13(20)15(4,5)6/h12-13,19-20H,8-9H2,1-7H3. The van der Waals surface area contributed by atoms with Gasteiger partial charge >= 0.3 is 0 Å². The molecule has 0 heterocycles. The van der Waals surface area contributed by atoms with Crippen molar-refractivity contribution in [2.24, 2.45) is 10.8 Å². The van der Waals surface area contributed by atoms with Gasteiger partial charge in [-0.1, -0.05) is 41.5 Å². The molecule has 0 aromatic rings. The van der Waals surface area contributed by atoms with E-state index in [0.717, 1.165) is 0 Å². The number of Topliss-reactive ketones (excluding diaryl/α,β-unsaturated/α-hetero) is 2. The monoisotopic (exact) mass is 287 g/mol. The summed E-state index contributed by atoms with van der Waals surface area (Å²) >= 11 is 0. The van der Waals surface area contributed by atoms with Gasteiger partial charge in [0.05, 0.1) is 13.1 Å². The number of aliphatic hydroxyl groups excluding tert-OH is 2. The Balaban J connectivity index is 4.48. The molecule has 0 amide bonds. The summed E-state index contributed by atoms with van der Waals surface area (Å²) < 4.78 is 0. The van der Waals surface area contributed by atoms with Crippen molar-refractivity contribution in [3.63, 3.8) is 0 Å². The highest BCUT2D eigenvalue weighted by Gasteiger charge is 2.32. The maximum Gasteiger partial charge on any atom is 0.175 e. The third-order valence-electron chi connectivity index (χ3n) is 3.10. The molecule has 118 valence electrons. The first-order valence-corrected chi connectivity index (χ1v) is 6.87. The molecule has 2 unspecified atom stereocenters. The molecule has 2 N–H and O–H groups in total. The summed E-state index contributed by atoms with van der Waals surface area (Å²) in [5, 5.41) is 19.7. The van der Waals surface area contributed by atoms with Crippen LogP contribution in [-0.4, -0.2) is 59.0 Å². The van der Waals surface area contributed by atoms with E-state index < -0.39 is 23.0 Å². The summed E-state index contributed by atoms with van der Waals surface area (Å²) in [4.78, 5) is 25.3. The van der Waals surface area contributed by atoms with Crippen molar-refractivity contribution in [3.8, 4) is 0 Å². The largest absolute Gasteiger partial charge is 0.385 e. The van der Waals surface area contributed by atoms with Crippen molar-refractivity contribution in [1.82, 2.24) is 4.90 Å². The SMILES string of the molecule is CN(CC(=O)C(O)C(C)(C)C)CC(=O)C(O)C(C)(C)C. The molecule has 5 nitrogen and oxygen atoms in total. The van der Waals surface area contributed by atoms with Gasteiger partial charge in [0.15, 0.2) is 11.6 Å². The average Bonchev–Trinajstić information content (AvgIpc) is 2.23. The molecular weight excluding hydrogens is 258 g/mol. The van der Waals surface area contributed by atoms with E-state index in [2.05, 4.69) is 0 Å². The zero-order valence-corrected chi connectivity index (χ0v) is 13.7. The Morgan fingerprint density at radius 3 is 1.30 bits per heavy atom. The molecule has 0 fully saturated rings. The summed E-state index contributed by atoms with van der Waals surface area (Å²) in [6.07, 6.45) is -2.12. The van der Waals surface area contributed by atoms with E-state index in [1.54, 1.807) is 48.6 Å². The van der Waals surface area contributed by atoms with E-state index in [9.17, 15) is 19.8 Å². The Labute approximate surface area is 122 Å². The number of ketones is 2. The predicted octanol–water partition coefficient (Wildman–Crippen LogP) is 0.870. The van der Waals surface area contributed by atoms with E-state index in [-0.39, 0.29) is 24.7 Å². The van der Waals surface area contributed by atoms with Gasteiger partial charge in [0.25, 0.3) is 0 Å². The van der Waals surface area contributed by atoms with Gasteiger partial charge in [0, 0.05) is 0 Å². The highest BCUT2D eigenvalue weighted by Crippen LogP contribution is 2.21. The summed E-state index contributed by atoms with van der Waals surface area (Å²) in [7, 11) is 1.63. The van der Waals surface area contributed by atoms with Crippen molar-refractivity contribution in [1.29, 1.82) is 0 Å². The summed E-state index contributed by atoms with van der Waals surface area (Å²) in [6.45, 7) is 10.7. The topological polar surface area (TPSA) is 77.8 Å². The molecule has 0 aliphatic carbocycles. The third kappa shape index (κ3) is 6.11. The molecule has 0 bridgehead atoms. The molecule has 0 aromatic heterocycles. The number of hydrogen-bond donors (Lipinski definition) is 2. The van der Waals surface area contributed by atoms with Crippen LogP contribution in [-0.2, 0) is 9.59 Å². The fourth-order valence-electron chi connectivity index (χ4n) is 1.73. The minimum absolute atomic E-state index is 0.0129. The minimum Gasteiger partial charge on any atom is -0.385 e. The van der Waals surface area contributed by atoms with E-state index in [1.807, 2.05) is 0 Å². The van der Waals surface area contributed by atoms with Crippen LogP contribution >= 0.6 is 0 Å². The molecule has 0 saturated heterocycles. The fraction of sp³-hybridized carbons (Fsp3) is 0.867. The van der Waals surface area contributed by atoms with E-state index in [4.69, 9.17) is 0 Å². The number of aliphatic hydroxyl groups is 2. The van der Waals surface area contributed by atoms with Crippen molar-refractivity contribution in [2.75, 3.05) is 20.1 Å². The molecule has 0 saturated carbocycles. The van der Waals surface area contributed by atoms with Gasteiger partial charge in [0.1, 0.15) is 12.2 Å². The number of carbonyl (C=O) groups excluding carboxylic acids is 2. The number of rotatable bonds is 6. The van der Waals surface area contributed by atoms with Crippen LogP contribution in [0.2, 0.25) is 0 Å². The van der Waals surface area contributed by atoms with Gasteiger partial charge in [-0.15, -0.1) is 0 Å². The van der Waals surface area contributed by atoms with Crippen LogP contribution in [0.1, 0.15) is 41.5 Å². The van der Waals surface area contributed by atoms with Crippen molar-refractivity contribution >= 4 is 11.6 Å². The zero-order valence-electron chi connectivity index (χ0n) is 13.7. The van der Waals surface area contributed by atoms with Gasteiger partial charge < -0.3 is 10.2 Å². The molecule has 0 aromatic carbocycles. The quantitative estimate of drug-likeness (QED) is 0.758. The molecule has 0 spiro atoms. The number of likely N-dealkylation sites (N-methyl/N-ethyl adjacent to an activating group) is 1. The average molecular weight is 287 g/mol. The summed E-state index contributed by atoms with van der Waals surface area (Å²) in [5.74, 6) is -0.643. The van der Waals surface area contributed by atoms with E-state index in [0.29, 0.717) is 0 Å². The number of hydrogen-bond acceptors (Lipinski definition) is 5. The van der Waals surface area contributed by atoms with Crippen LogP contribution in [0.3, 0.4) is 0 Å². The van der Waals surface area contributed by atoms with Crippen LogP contribution < -0.4 is 0 Å². The van der Waals surface area contributed by atoms with E-state index >= 15 is 0 Å². The van der Waals surface area contributed by atoms with Crippen LogP contribution in [0.4, 0.5) is 0 Å². The molecule has 2 atom stereocenters. The summed E-state index contributed by atoms with van der Waals surface area (Å²) in [6, 6.07) is 0. The van der Waals surface area contributed by atoms with Crippen molar-refractivity contribution < 1.29 is 19.8 Å². The molecular formula is C15H29NO4. The molecule has 0 aliphatic heterocycles. The Bertz CT molecular complexity index is 318. The van der Waals surface area contributed by atoms with Crippen LogP contribution in [0.5, 0.6) is 0 Å². The first-order chi connectivity index (χ1) is 8.76. The first kappa shape index (κ1) is 19.2. The maximum atomic E-state index is 11.9. The third-order valence-corrected chi connectivity index (χ3v) is 3.10. The number of nitrogens with zero attached hydrogens (tertiary/aromatic N) is 1. The smallest absolute Gasteiger partial charge is 0.175 e. The second kappa shape index (κ2) is 6.78. The number of carbonyl (C=O) groups is 2. The van der Waals surface area contributed by atoms with Crippen molar-refractivity contribution in [2.45, 2.75) is 53.8 Å². The van der Waals surface area contributed by atoms with Gasteiger partial charge in [-0.05, 0) is 17.9 Å². The Hall–Kier alpha value is -0.780. The maximum absolute atomic E-state index is 11.9. The Kier molecular flexibility index (Phi) is 6.52. The molecule has 5 heteroatoms. The van der Waals surface area contributed by atoms with Crippen LogP contribution in [0.15, 0.2) is 0 Å². The highest BCUT2D eigenvalue weighted by molar-refractivity contribution is 5.88. The van der Waals surface area contributed by atoms with Crippen molar-refractivity contribution in [3.05, 3.63) is 0 Å². The van der Waals surface area contributed by atoms with E-state index in [1.165, 1.54) is 4.90 Å².